The molecule has 0 spiro atoms. The smallest absolute Gasteiger partial charge is 0.407 e. The molecule has 1 aromatic heterocycles. The van der Waals surface area contributed by atoms with Gasteiger partial charge in [-0.25, -0.2) is 9.59 Å². The van der Waals surface area contributed by atoms with E-state index < -0.39 is 12.2 Å². The maximum absolute atomic E-state index is 10.1. The predicted octanol–water partition coefficient (Wildman–Crippen LogP) is 9.42. The highest BCUT2D eigenvalue weighted by Gasteiger charge is 2.18. The number of amides is 2. The van der Waals surface area contributed by atoms with Gasteiger partial charge >= 0.3 is 12.2 Å². The molecule has 49 heavy (non-hydrogen) atoms. The molecule has 3 aromatic carbocycles. The Kier molecular flexibility index (Phi) is 12.0. The number of nitrogens with two attached hydrogens (primary N) is 1. The number of hydrogen-bond acceptors (Lipinski definition) is 4. The molecule has 0 aliphatic carbocycles. The van der Waals surface area contributed by atoms with Gasteiger partial charge in [0.2, 0.25) is 0 Å². The van der Waals surface area contributed by atoms with Crippen LogP contribution in [0.4, 0.5) is 21.0 Å². The van der Waals surface area contributed by atoms with Crippen molar-refractivity contribution in [3.63, 3.8) is 0 Å². The van der Waals surface area contributed by atoms with Crippen LogP contribution in [-0.4, -0.2) is 68.5 Å². The van der Waals surface area contributed by atoms with Crippen molar-refractivity contribution in [1.29, 1.82) is 0 Å². The van der Waals surface area contributed by atoms with E-state index in [0.29, 0.717) is 0 Å². The lowest BCUT2D eigenvalue weighted by atomic mass is 9.87. The highest BCUT2D eigenvalue weighted by atomic mass is 16.4. The SMILES string of the molecule is CC(C)(C)Nc1ccc(-c2ccc(-c3ccc(N)cc3)n2-c2ccc(C(C)(C)C)cc2)cc1.O=C(O)N1CCCC1.O=C(O)N1CCCC1. The number of nitrogens with one attached hydrogen (secondary N) is 1. The van der Waals surface area contributed by atoms with Crippen molar-refractivity contribution in [3.8, 4) is 28.2 Å². The number of nitrogens with zero attached hydrogens (tertiary/aromatic N) is 3. The molecule has 0 saturated carbocycles. The molecule has 0 unspecified atom stereocenters. The van der Waals surface area contributed by atoms with E-state index in [-0.39, 0.29) is 11.0 Å². The maximum Gasteiger partial charge on any atom is 0.407 e. The van der Waals surface area contributed by atoms with Crippen LogP contribution in [0, 0.1) is 0 Å². The predicted molar refractivity (Wildman–Crippen MR) is 201 cm³/mol. The molecule has 4 aromatic rings. The van der Waals surface area contributed by atoms with Crippen LogP contribution in [0.1, 0.15) is 72.8 Å². The monoisotopic (exact) mass is 667 g/mol. The van der Waals surface area contributed by atoms with Gasteiger partial charge in [-0.2, -0.15) is 0 Å². The van der Waals surface area contributed by atoms with Crippen LogP contribution in [0.15, 0.2) is 84.9 Å². The minimum atomic E-state index is -0.775. The first kappa shape index (κ1) is 36.9. The Labute approximate surface area is 291 Å². The minimum absolute atomic E-state index is 0.0266. The van der Waals surface area contributed by atoms with E-state index in [1.165, 1.54) is 20.9 Å². The van der Waals surface area contributed by atoms with E-state index in [1.807, 2.05) is 12.1 Å². The first-order chi connectivity index (χ1) is 23.1. The van der Waals surface area contributed by atoms with Crippen molar-refractivity contribution in [1.82, 2.24) is 14.4 Å². The van der Waals surface area contributed by atoms with Gasteiger partial charge in [0.05, 0.1) is 11.4 Å². The van der Waals surface area contributed by atoms with Crippen LogP contribution in [-0.2, 0) is 5.41 Å². The van der Waals surface area contributed by atoms with E-state index in [4.69, 9.17) is 15.9 Å². The summed E-state index contributed by atoms with van der Waals surface area (Å²) in [6.07, 6.45) is 2.59. The topological polar surface area (TPSA) is 124 Å². The Morgan fingerprint density at radius 1 is 0.612 bits per heavy atom. The number of carbonyl (C=O) groups is 2. The zero-order chi connectivity index (χ0) is 35.8. The molecule has 2 saturated heterocycles. The molecule has 0 bridgehead atoms. The molecule has 9 nitrogen and oxygen atoms in total. The molecule has 0 radical (unpaired) electrons. The van der Waals surface area contributed by atoms with Crippen molar-refractivity contribution >= 4 is 23.6 Å². The standard InChI is InChI=1S/C30H35N3.2C5H9NO2/c1-29(2,3)23-11-17-26(18-12-23)33-27(21-7-13-24(31)14-8-21)19-20-28(33)22-9-15-25(16-10-22)32-30(4,5)6;2*7-5(8)6-3-1-2-4-6/h7-20,32H,31H2,1-6H3;2*1-4H2,(H,7,8). The first-order valence-electron chi connectivity index (χ1n) is 17.2. The molecule has 0 atom stereocenters. The highest BCUT2D eigenvalue weighted by Crippen LogP contribution is 2.34. The van der Waals surface area contributed by atoms with Gasteiger partial charge in [0.1, 0.15) is 0 Å². The molecule has 2 aliphatic rings. The summed E-state index contributed by atoms with van der Waals surface area (Å²) < 4.78 is 2.34. The van der Waals surface area contributed by atoms with E-state index >= 15 is 0 Å². The third kappa shape index (κ3) is 10.5. The molecule has 3 heterocycles. The summed E-state index contributed by atoms with van der Waals surface area (Å²) in [7, 11) is 0. The zero-order valence-corrected chi connectivity index (χ0v) is 29.9. The second-order valence-electron chi connectivity index (χ2n) is 14.8. The van der Waals surface area contributed by atoms with Gasteiger partial charge < -0.3 is 35.6 Å². The van der Waals surface area contributed by atoms with E-state index in [2.05, 4.69) is 124 Å². The average Bonchev–Trinajstić information content (AvgIpc) is 3.84. The Hall–Kier alpha value is -4.92. The lowest BCUT2D eigenvalue weighted by Gasteiger charge is -2.22. The zero-order valence-electron chi connectivity index (χ0n) is 29.9. The van der Waals surface area contributed by atoms with Crippen molar-refractivity contribution in [2.75, 3.05) is 37.2 Å². The van der Waals surface area contributed by atoms with Gasteiger partial charge in [-0.3, -0.25) is 0 Å². The molecule has 9 heteroatoms. The fraction of sp³-hybridized carbons (Fsp3) is 0.400. The second kappa shape index (κ2) is 16.0. The number of likely N-dealkylation sites (tertiary alicyclic amines) is 2. The summed E-state index contributed by atoms with van der Waals surface area (Å²) >= 11 is 0. The summed E-state index contributed by atoms with van der Waals surface area (Å²) in [5.74, 6) is 0. The van der Waals surface area contributed by atoms with Gasteiger partial charge in [0.25, 0.3) is 0 Å². The third-order valence-electron chi connectivity index (χ3n) is 8.53. The summed E-state index contributed by atoms with van der Waals surface area (Å²) in [5.41, 5.74) is 15.1. The van der Waals surface area contributed by atoms with Gasteiger partial charge in [0, 0.05) is 48.8 Å². The molecule has 5 N–H and O–H groups in total. The number of benzene rings is 3. The molecule has 6 rings (SSSR count). The van der Waals surface area contributed by atoms with Gasteiger partial charge in [-0.1, -0.05) is 57.2 Å². The summed E-state index contributed by atoms with van der Waals surface area (Å²) in [6.45, 7) is 16.2. The van der Waals surface area contributed by atoms with Gasteiger partial charge in [-0.05, 0) is 117 Å². The first-order valence-corrected chi connectivity index (χ1v) is 17.2. The third-order valence-corrected chi connectivity index (χ3v) is 8.53. The number of nitrogen functional groups attached to an aromatic ring is 1. The molecule has 2 amide bonds. The number of anilines is 2. The van der Waals surface area contributed by atoms with Crippen LogP contribution >= 0.6 is 0 Å². The fourth-order valence-corrected chi connectivity index (χ4v) is 5.90. The van der Waals surface area contributed by atoms with Crippen molar-refractivity contribution in [2.45, 2.75) is 78.2 Å². The van der Waals surface area contributed by atoms with E-state index in [1.54, 1.807) is 0 Å². The van der Waals surface area contributed by atoms with Crippen molar-refractivity contribution in [2.24, 2.45) is 0 Å². The summed E-state index contributed by atoms with van der Waals surface area (Å²) in [6, 6.07) is 30.1. The number of aromatic nitrogens is 1. The largest absolute Gasteiger partial charge is 0.465 e. The summed E-state index contributed by atoms with van der Waals surface area (Å²) in [4.78, 5) is 23.1. The van der Waals surface area contributed by atoms with Crippen LogP contribution in [0.3, 0.4) is 0 Å². The van der Waals surface area contributed by atoms with Crippen molar-refractivity contribution < 1.29 is 19.8 Å². The van der Waals surface area contributed by atoms with E-state index in [0.717, 1.165) is 85.9 Å². The van der Waals surface area contributed by atoms with Crippen LogP contribution in [0.5, 0.6) is 0 Å². The fourth-order valence-electron chi connectivity index (χ4n) is 5.90. The second-order valence-corrected chi connectivity index (χ2v) is 14.8. The molecule has 2 aliphatic heterocycles. The minimum Gasteiger partial charge on any atom is -0.465 e. The number of hydrogen-bond donors (Lipinski definition) is 4. The molecular weight excluding hydrogens is 614 g/mol. The lowest BCUT2D eigenvalue weighted by Crippen LogP contribution is -2.25. The highest BCUT2D eigenvalue weighted by molar-refractivity contribution is 5.75. The van der Waals surface area contributed by atoms with Crippen molar-refractivity contribution in [3.05, 3.63) is 90.5 Å². The van der Waals surface area contributed by atoms with Gasteiger partial charge in [-0.15, -0.1) is 0 Å². The molecule has 262 valence electrons. The van der Waals surface area contributed by atoms with Crippen LogP contribution < -0.4 is 11.1 Å². The Balaban J connectivity index is 0.000000275. The van der Waals surface area contributed by atoms with Gasteiger partial charge in [0.15, 0.2) is 0 Å². The average molecular weight is 668 g/mol. The normalized spacial score (nSPS) is 14.4. The molecule has 2 fully saturated rings. The Bertz CT molecular complexity index is 1630. The Morgan fingerprint density at radius 3 is 1.37 bits per heavy atom. The quantitative estimate of drug-likeness (QED) is 0.161. The summed E-state index contributed by atoms with van der Waals surface area (Å²) in [5, 5.41) is 20.2. The Morgan fingerprint density at radius 2 is 1.02 bits per heavy atom. The van der Waals surface area contributed by atoms with E-state index in [9.17, 15) is 9.59 Å². The maximum atomic E-state index is 10.1. The molecular formula is C40H53N5O4. The lowest BCUT2D eigenvalue weighted by molar-refractivity contribution is 0.154. The number of carboxylic acid groups (broad SMARTS) is 2. The number of rotatable bonds is 4. The van der Waals surface area contributed by atoms with Crippen LogP contribution in [0.2, 0.25) is 0 Å². The van der Waals surface area contributed by atoms with Crippen LogP contribution in [0.25, 0.3) is 28.2 Å².